The fourth-order valence-electron chi connectivity index (χ4n) is 2.42. The molecule has 0 aliphatic carbocycles. The van der Waals surface area contributed by atoms with E-state index in [1.54, 1.807) is 0 Å². The third-order valence-electron chi connectivity index (χ3n) is 3.18. The van der Waals surface area contributed by atoms with Crippen LogP contribution in [0.4, 0.5) is 0 Å². The Morgan fingerprint density at radius 1 is 1.31 bits per heavy atom. The molecule has 1 saturated heterocycles. The molecular weight excluding hydrogens is 197 g/mol. The van der Waals surface area contributed by atoms with E-state index in [2.05, 4.69) is 33.0 Å². The van der Waals surface area contributed by atoms with Gasteiger partial charge < -0.3 is 10.1 Å². The molecule has 1 heterocycles. The molecular formula is C13H26BNO. The van der Waals surface area contributed by atoms with Gasteiger partial charge in [-0.2, -0.15) is 0 Å². The number of hydrogen-bond donors (Lipinski definition) is 1. The molecule has 1 aliphatic rings. The highest BCUT2D eigenvalue weighted by Crippen LogP contribution is 2.31. The zero-order chi connectivity index (χ0) is 12.1. The molecule has 2 radical (unpaired) electrons. The van der Waals surface area contributed by atoms with E-state index in [9.17, 15) is 0 Å². The minimum Gasteiger partial charge on any atom is -0.384 e. The molecule has 92 valence electrons. The molecule has 1 aliphatic heterocycles. The van der Waals surface area contributed by atoms with E-state index in [0.29, 0.717) is 24.0 Å². The van der Waals surface area contributed by atoms with Crippen molar-refractivity contribution in [1.29, 1.82) is 0 Å². The third kappa shape index (κ3) is 4.88. The van der Waals surface area contributed by atoms with Crippen LogP contribution in [0.2, 0.25) is 0 Å². The van der Waals surface area contributed by atoms with Crippen molar-refractivity contribution < 1.29 is 4.74 Å². The van der Waals surface area contributed by atoms with E-state index in [1.165, 1.54) is 6.42 Å². The van der Waals surface area contributed by atoms with Crippen molar-refractivity contribution in [1.82, 2.24) is 5.32 Å². The lowest BCUT2D eigenvalue weighted by molar-refractivity contribution is 0.0544. The van der Waals surface area contributed by atoms with Gasteiger partial charge in [0.25, 0.3) is 0 Å². The summed E-state index contributed by atoms with van der Waals surface area (Å²) in [4.78, 5) is 0. The first-order chi connectivity index (χ1) is 7.49. The van der Waals surface area contributed by atoms with Crippen LogP contribution in [0.5, 0.6) is 0 Å². The van der Waals surface area contributed by atoms with Crippen LogP contribution >= 0.6 is 0 Å². The average Bonchev–Trinajstić information content (AvgIpc) is 2.44. The standard InChI is InChI=1S/C13H26BNO/c1-9(2)7-12-11(8-13(14)16-12)5-6-15-10(3)4/h9-13,15H,5-8H2,1-4H3/t11?,12-,13-/m1/s1. The van der Waals surface area contributed by atoms with Crippen LogP contribution in [0.1, 0.15) is 47.0 Å². The molecule has 0 saturated carbocycles. The summed E-state index contributed by atoms with van der Waals surface area (Å²) in [6, 6.07) is 0.535. The molecule has 3 heteroatoms. The zero-order valence-electron chi connectivity index (χ0n) is 11.2. The molecule has 0 aromatic rings. The Labute approximate surface area is 102 Å². The second-order valence-corrected chi connectivity index (χ2v) is 5.74. The largest absolute Gasteiger partial charge is 0.384 e. The van der Waals surface area contributed by atoms with Crippen LogP contribution in [0, 0.1) is 11.8 Å². The molecule has 0 amide bonds. The van der Waals surface area contributed by atoms with Gasteiger partial charge in [0.05, 0.1) is 6.10 Å². The lowest BCUT2D eigenvalue weighted by atomic mass is 9.86. The summed E-state index contributed by atoms with van der Waals surface area (Å²) >= 11 is 0. The first kappa shape index (κ1) is 14.0. The Morgan fingerprint density at radius 3 is 2.56 bits per heavy atom. The maximum atomic E-state index is 5.88. The highest BCUT2D eigenvalue weighted by Gasteiger charge is 2.32. The summed E-state index contributed by atoms with van der Waals surface area (Å²) < 4.78 is 5.79. The summed E-state index contributed by atoms with van der Waals surface area (Å²) in [5.41, 5.74) is 0. The van der Waals surface area contributed by atoms with Gasteiger partial charge in [0, 0.05) is 12.0 Å². The van der Waals surface area contributed by atoms with Gasteiger partial charge in [-0.15, -0.1) is 0 Å². The normalized spacial score (nSPS) is 30.5. The number of rotatable bonds is 6. The predicted molar refractivity (Wildman–Crippen MR) is 69.7 cm³/mol. The fraction of sp³-hybridized carbons (Fsp3) is 1.00. The van der Waals surface area contributed by atoms with Crippen molar-refractivity contribution in [3.05, 3.63) is 0 Å². The average molecular weight is 223 g/mol. The van der Waals surface area contributed by atoms with E-state index < -0.39 is 0 Å². The van der Waals surface area contributed by atoms with Gasteiger partial charge in [0.15, 0.2) is 0 Å². The van der Waals surface area contributed by atoms with Crippen molar-refractivity contribution in [3.63, 3.8) is 0 Å². The van der Waals surface area contributed by atoms with Crippen molar-refractivity contribution in [2.45, 2.75) is 65.1 Å². The quantitative estimate of drug-likeness (QED) is 0.698. The third-order valence-corrected chi connectivity index (χ3v) is 3.18. The maximum absolute atomic E-state index is 5.88. The second-order valence-electron chi connectivity index (χ2n) is 5.74. The number of hydrogen-bond acceptors (Lipinski definition) is 2. The van der Waals surface area contributed by atoms with Gasteiger partial charge in [-0.1, -0.05) is 27.7 Å². The molecule has 0 spiro atoms. The van der Waals surface area contributed by atoms with E-state index >= 15 is 0 Å². The van der Waals surface area contributed by atoms with Crippen LogP contribution in [-0.4, -0.2) is 32.5 Å². The molecule has 1 N–H and O–H groups in total. The Hall–Kier alpha value is -0.0151. The Kier molecular flexibility index (Phi) is 5.84. The fourth-order valence-corrected chi connectivity index (χ4v) is 2.42. The van der Waals surface area contributed by atoms with E-state index in [4.69, 9.17) is 12.6 Å². The molecule has 0 bridgehead atoms. The molecule has 1 fully saturated rings. The molecule has 0 aromatic heterocycles. The minimum atomic E-state index is -0.0344. The van der Waals surface area contributed by atoms with Gasteiger partial charge >= 0.3 is 0 Å². The minimum absolute atomic E-state index is 0.0344. The van der Waals surface area contributed by atoms with Gasteiger partial charge in [-0.25, -0.2) is 0 Å². The molecule has 2 nitrogen and oxygen atoms in total. The summed E-state index contributed by atoms with van der Waals surface area (Å²) in [6.45, 7) is 9.94. The highest BCUT2D eigenvalue weighted by molar-refractivity contribution is 6.11. The lowest BCUT2D eigenvalue weighted by Gasteiger charge is -2.21. The Bertz CT molecular complexity index is 196. The predicted octanol–water partition coefficient (Wildman–Crippen LogP) is 2.32. The molecule has 3 atom stereocenters. The monoisotopic (exact) mass is 223 g/mol. The van der Waals surface area contributed by atoms with Gasteiger partial charge in [-0.3, -0.25) is 0 Å². The first-order valence-corrected chi connectivity index (χ1v) is 6.63. The van der Waals surface area contributed by atoms with Crippen LogP contribution < -0.4 is 5.32 Å². The van der Waals surface area contributed by atoms with Gasteiger partial charge in [0.2, 0.25) is 0 Å². The van der Waals surface area contributed by atoms with Crippen molar-refractivity contribution >= 4 is 7.85 Å². The van der Waals surface area contributed by atoms with Crippen LogP contribution in [0.25, 0.3) is 0 Å². The number of nitrogens with one attached hydrogen (secondary N) is 1. The highest BCUT2D eigenvalue weighted by atomic mass is 16.5. The topological polar surface area (TPSA) is 21.3 Å². The van der Waals surface area contributed by atoms with Crippen LogP contribution in [0.3, 0.4) is 0 Å². The Morgan fingerprint density at radius 2 is 2.00 bits per heavy atom. The number of ether oxygens (including phenoxy) is 1. The van der Waals surface area contributed by atoms with Crippen molar-refractivity contribution in [2.75, 3.05) is 6.54 Å². The molecule has 16 heavy (non-hydrogen) atoms. The molecule has 1 unspecified atom stereocenters. The summed E-state index contributed by atoms with van der Waals surface area (Å²) in [7, 11) is 5.88. The van der Waals surface area contributed by atoms with E-state index in [-0.39, 0.29) is 6.00 Å². The second kappa shape index (κ2) is 6.66. The van der Waals surface area contributed by atoms with Crippen molar-refractivity contribution in [2.24, 2.45) is 11.8 Å². The SMILES string of the molecule is [B][C@H]1CC(CCNC(C)C)[C@@H](CC(C)C)O1. The maximum Gasteiger partial charge on any atom is 0.109 e. The van der Waals surface area contributed by atoms with Gasteiger partial charge in [0.1, 0.15) is 7.85 Å². The van der Waals surface area contributed by atoms with E-state index in [1.807, 2.05) is 0 Å². The summed E-state index contributed by atoms with van der Waals surface area (Å²) in [6.07, 6.45) is 3.73. The van der Waals surface area contributed by atoms with Crippen molar-refractivity contribution in [3.8, 4) is 0 Å². The zero-order valence-corrected chi connectivity index (χ0v) is 11.2. The van der Waals surface area contributed by atoms with Gasteiger partial charge in [-0.05, 0) is 37.6 Å². The Balaban J connectivity index is 2.31. The van der Waals surface area contributed by atoms with Crippen LogP contribution in [-0.2, 0) is 4.74 Å². The summed E-state index contributed by atoms with van der Waals surface area (Å²) in [5, 5.41) is 3.46. The van der Waals surface area contributed by atoms with E-state index in [0.717, 1.165) is 19.4 Å². The van der Waals surface area contributed by atoms with Crippen LogP contribution in [0.15, 0.2) is 0 Å². The molecule has 0 aromatic carbocycles. The molecule has 1 rings (SSSR count). The lowest BCUT2D eigenvalue weighted by Crippen LogP contribution is -2.28. The summed E-state index contributed by atoms with van der Waals surface area (Å²) in [5.74, 6) is 1.33. The smallest absolute Gasteiger partial charge is 0.109 e. The first-order valence-electron chi connectivity index (χ1n) is 6.63.